The van der Waals surface area contributed by atoms with Crippen molar-refractivity contribution in [3.8, 4) is 0 Å². The highest BCUT2D eigenvalue weighted by Gasteiger charge is 2.06. The van der Waals surface area contributed by atoms with Gasteiger partial charge in [-0.1, -0.05) is 6.92 Å². The normalized spacial score (nSPS) is 29.4. The second-order valence-corrected chi connectivity index (χ2v) is 2.07. The smallest absolute Gasteiger partial charge is 0.0938 e. The van der Waals surface area contributed by atoms with E-state index in [0.717, 1.165) is 12.4 Å². The van der Waals surface area contributed by atoms with Gasteiger partial charge in [0.05, 0.1) is 12.4 Å². The number of rotatable bonds is 0. The Kier molecular flexibility index (Phi) is 1.05. The Bertz CT molecular complexity index is 94.4. The summed E-state index contributed by atoms with van der Waals surface area (Å²) in [5.74, 6) is 1.72. The van der Waals surface area contributed by atoms with Crippen LogP contribution in [0.4, 0.5) is 0 Å². The summed E-state index contributed by atoms with van der Waals surface area (Å²) >= 11 is 0. The lowest BCUT2D eigenvalue weighted by atomic mass is 10.2. The van der Waals surface area contributed by atoms with Crippen LogP contribution in [0.15, 0.2) is 11.8 Å². The van der Waals surface area contributed by atoms with Crippen LogP contribution >= 0.6 is 0 Å². The summed E-state index contributed by atoms with van der Waals surface area (Å²) in [6.45, 7) is 5.02. The van der Waals surface area contributed by atoms with Gasteiger partial charge in [0.15, 0.2) is 0 Å². The molecule has 0 fully saturated rings. The van der Waals surface area contributed by atoms with Crippen molar-refractivity contribution < 1.29 is 4.74 Å². The van der Waals surface area contributed by atoms with E-state index in [4.69, 9.17) is 4.74 Å². The predicted molar refractivity (Wildman–Crippen MR) is 28.9 cm³/mol. The van der Waals surface area contributed by atoms with E-state index in [1.165, 1.54) is 0 Å². The van der Waals surface area contributed by atoms with Crippen LogP contribution < -0.4 is 0 Å². The molecule has 40 valence electrons. The molecule has 0 unspecified atom stereocenters. The Hall–Kier alpha value is -0.460. The van der Waals surface area contributed by atoms with Gasteiger partial charge in [0.1, 0.15) is 0 Å². The first kappa shape index (κ1) is 4.69. The fraction of sp³-hybridized carbons (Fsp3) is 0.667. The molecule has 1 heterocycles. The van der Waals surface area contributed by atoms with Crippen molar-refractivity contribution >= 4 is 0 Å². The quantitative estimate of drug-likeness (QED) is 0.446. The molecule has 0 N–H and O–H groups in total. The summed E-state index contributed by atoms with van der Waals surface area (Å²) in [4.78, 5) is 0. The zero-order chi connectivity index (χ0) is 5.28. The topological polar surface area (TPSA) is 9.23 Å². The predicted octanol–water partition coefficient (Wildman–Crippen LogP) is 1.56. The maximum absolute atomic E-state index is 5.13. The fourth-order valence-corrected chi connectivity index (χ4v) is 0.760. The van der Waals surface area contributed by atoms with Crippen LogP contribution in [0.5, 0.6) is 0 Å². The van der Waals surface area contributed by atoms with E-state index >= 15 is 0 Å². The molecule has 0 spiro atoms. The second-order valence-electron chi connectivity index (χ2n) is 2.07. The highest BCUT2D eigenvalue weighted by atomic mass is 16.5. The van der Waals surface area contributed by atoms with Crippen molar-refractivity contribution in [2.45, 2.75) is 13.8 Å². The molecule has 1 atom stereocenters. The molecule has 1 aliphatic heterocycles. The molecular weight excluding hydrogens is 88.1 g/mol. The largest absolute Gasteiger partial charge is 0.498 e. The van der Waals surface area contributed by atoms with Crippen molar-refractivity contribution in [2.24, 2.45) is 5.92 Å². The first-order valence-electron chi connectivity index (χ1n) is 2.60. The van der Waals surface area contributed by atoms with Gasteiger partial charge in [-0.2, -0.15) is 0 Å². The van der Waals surface area contributed by atoms with E-state index in [0.29, 0.717) is 5.92 Å². The van der Waals surface area contributed by atoms with Gasteiger partial charge in [-0.05, 0) is 13.0 Å². The number of ether oxygens (including phenoxy) is 1. The van der Waals surface area contributed by atoms with Crippen LogP contribution in [-0.2, 0) is 4.74 Å². The van der Waals surface area contributed by atoms with Crippen molar-refractivity contribution in [2.75, 3.05) is 6.61 Å². The summed E-state index contributed by atoms with van der Waals surface area (Å²) < 4.78 is 5.13. The van der Waals surface area contributed by atoms with Crippen LogP contribution in [0.25, 0.3) is 0 Å². The lowest BCUT2D eigenvalue weighted by Gasteiger charge is -1.93. The second kappa shape index (κ2) is 1.57. The Morgan fingerprint density at radius 3 is 2.71 bits per heavy atom. The van der Waals surface area contributed by atoms with E-state index < -0.39 is 0 Å². The van der Waals surface area contributed by atoms with Gasteiger partial charge in [0.2, 0.25) is 0 Å². The fourth-order valence-electron chi connectivity index (χ4n) is 0.760. The molecule has 0 aliphatic carbocycles. The molecule has 1 heteroatoms. The standard InChI is InChI=1S/C6H10O/c1-5-3-6(2)7-4-5/h3,5H,4H2,1-2H3/t5-/m1/s1. The molecule has 1 rings (SSSR count). The summed E-state index contributed by atoms with van der Waals surface area (Å²) in [5.41, 5.74) is 0. The van der Waals surface area contributed by atoms with Crippen LogP contribution in [0.2, 0.25) is 0 Å². The number of hydrogen-bond donors (Lipinski definition) is 0. The molecule has 0 radical (unpaired) electrons. The first-order chi connectivity index (χ1) is 3.29. The van der Waals surface area contributed by atoms with Gasteiger partial charge in [-0.15, -0.1) is 0 Å². The lowest BCUT2D eigenvalue weighted by molar-refractivity contribution is 0.225. The molecule has 1 aliphatic rings. The van der Waals surface area contributed by atoms with Crippen LogP contribution in [-0.4, -0.2) is 6.61 Å². The Balaban J connectivity index is 2.50. The maximum Gasteiger partial charge on any atom is 0.0938 e. The Labute approximate surface area is 44.0 Å². The van der Waals surface area contributed by atoms with Gasteiger partial charge in [-0.25, -0.2) is 0 Å². The molecule has 0 aromatic rings. The van der Waals surface area contributed by atoms with Crippen molar-refractivity contribution in [3.05, 3.63) is 11.8 Å². The van der Waals surface area contributed by atoms with Gasteiger partial charge >= 0.3 is 0 Å². The molecule has 0 saturated heterocycles. The third kappa shape index (κ3) is 0.952. The van der Waals surface area contributed by atoms with Gasteiger partial charge in [0.25, 0.3) is 0 Å². The lowest BCUT2D eigenvalue weighted by Crippen LogP contribution is -1.89. The van der Waals surface area contributed by atoms with E-state index in [-0.39, 0.29) is 0 Å². The Morgan fingerprint density at radius 1 is 1.86 bits per heavy atom. The van der Waals surface area contributed by atoms with E-state index in [9.17, 15) is 0 Å². The first-order valence-corrected chi connectivity index (χ1v) is 2.60. The molecule has 0 aromatic heterocycles. The highest BCUT2D eigenvalue weighted by Crippen LogP contribution is 2.12. The number of hydrogen-bond acceptors (Lipinski definition) is 1. The Morgan fingerprint density at radius 2 is 2.57 bits per heavy atom. The molecule has 0 aromatic carbocycles. The van der Waals surface area contributed by atoms with Gasteiger partial charge in [-0.3, -0.25) is 0 Å². The van der Waals surface area contributed by atoms with E-state index in [1.54, 1.807) is 0 Å². The van der Waals surface area contributed by atoms with E-state index in [2.05, 4.69) is 13.0 Å². The summed E-state index contributed by atoms with van der Waals surface area (Å²) in [7, 11) is 0. The summed E-state index contributed by atoms with van der Waals surface area (Å²) in [6, 6.07) is 0. The van der Waals surface area contributed by atoms with Crippen LogP contribution in [0, 0.1) is 5.92 Å². The third-order valence-corrected chi connectivity index (χ3v) is 1.09. The molecule has 0 amide bonds. The molecule has 1 nitrogen and oxygen atoms in total. The highest BCUT2D eigenvalue weighted by molar-refractivity contribution is 4.97. The van der Waals surface area contributed by atoms with Crippen molar-refractivity contribution in [3.63, 3.8) is 0 Å². The summed E-state index contributed by atoms with van der Waals surface area (Å²) in [6.07, 6.45) is 2.14. The SMILES string of the molecule is CC1=C[C@@H](C)CO1. The van der Waals surface area contributed by atoms with Crippen LogP contribution in [0.1, 0.15) is 13.8 Å². The van der Waals surface area contributed by atoms with Crippen LogP contribution in [0.3, 0.4) is 0 Å². The average Bonchev–Trinajstić information content (AvgIpc) is 1.87. The molecule has 0 bridgehead atoms. The molecule has 7 heavy (non-hydrogen) atoms. The monoisotopic (exact) mass is 98.1 g/mol. The zero-order valence-corrected chi connectivity index (χ0v) is 4.77. The molecular formula is C6H10O. The number of allylic oxidation sites excluding steroid dienone is 1. The minimum Gasteiger partial charge on any atom is -0.498 e. The zero-order valence-electron chi connectivity index (χ0n) is 4.77. The molecule has 0 saturated carbocycles. The third-order valence-electron chi connectivity index (χ3n) is 1.09. The van der Waals surface area contributed by atoms with E-state index in [1.807, 2.05) is 6.92 Å². The minimum atomic E-state index is 0.639. The van der Waals surface area contributed by atoms with Crippen molar-refractivity contribution in [1.29, 1.82) is 0 Å². The summed E-state index contributed by atoms with van der Waals surface area (Å²) in [5, 5.41) is 0. The maximum atomic E-state index is 5.13. The van der Waals surface area contributed by atoms with Crippen molar-refractivity contribution in [1.82, 2.24) is 0 Å². The van der Waals surface area contributed by atoms with Gasteiger partial charge in [0, 0.05) is 5.92 Å². The minimum absolute atomic E-state index is 0.639. The van der Waals surface area contributed by atoms with Gasteiger partial charge < -0.3 is 4.74 Å². The average molecular weight is 98.1 g/mol.